The Hall–Kier alpha value is -1.26. The van der Waals surface area contributed by atoms with Crippen LogP contribution in [-0.2, 0) is 4.79 Å². The van der Waals surface area contributed by atoms with Crippen molar-refractivity contribution in [3.05, 3.63) is 29.8 Å². The molecule has 0 saturated carbocycles. The van der Waals surface area contributed by atoms with Crippen molar-refractivity contribution in [2.45, 2.75) is 26.9 Å². The molecule has 1 aromatic rings. The zero-order valence-electron chi connectivity index (χ0n) is 11.7. The average molecular weight is 287 g/mol. The van der Waals surface area contributed by atoms with E-state index in [2.05, 4.69) is 5.32 Å². The molecule has 5 heteroatoms. The fourth-order valence-corrected chi connectivity index (χ4v) is 1.42. The lowest BCUT2D eigenvalue weighted by Crippen LogP contribution is -2.38. The molecule has 0 spiro atoms. The lowest BCUT2D eigenvalue weighted by molar-refractivity contribution is -0.124. The van der Waals surface area contributed by atoms with Crippen molar-refractivity contribution < 1.29 is 9.53 Å². The van der Waals surface area contributed by atoms with E-state index in [9.17, 15) is 4.79 Å². The SMILES string of the molecule is Cc1ccc(OC(C)CNC(=O)C(C)CN)cc1.Cl. The number of nitrogens with one attached hydrogen (secondary N) is 1. The van der Waals surface area contributed by atoms with Crippen LogP contribution < -0.4 is 15.8 Å². The van der Waals surface area contributed by atoms with E-state index in [1.165, 1.54) is 5.56 Å². The first kappa shape index (κ1) is 17.7. The third kappa shape index (κ3) is 6.45. The van der Waals surface area contributed by atoms with Gasteiger partial charge in [0.05, 0.1) is 6.54 Å². The molecule has 1 rings (SSSR count). The Morgan fingerprint density at radius 1 is 1.32 bits per heavy atom. The van der Waals surface area contributed by atoms with E-state index in [0.29, 0.717) is 13.1 Å². The maximum atomic E-state index is 11.5. The maximum Gasteiger partial charge on any atom is 0.224 e. The number of hydrogen-bond acceptors (Lipinski definition) is 3. The van der Waals surface area contributed by atoms with Crippen molar-refractivity contribution in [2.24, 2.45) is 11.7 Å². The van der Waals surface area contributed by atoms with Crippen molar-refractivity contribution in [1.29, 1.82) is 0 Å². The van der Waals surface area contributed by atoms with Crippen LogP contribution in [0.3, 0.4) is 0 Å². The Kier molecular flexibility index (Phi) is 8.19. The number of amides is 1. The summed E-state index contributed by atoms with van der Waals surface area (Å²) in [6.07, 6.45) is -0.0679. The molecule has 1 amide bonds. The largest absolute Gasteiger partial charge is 0.489 e. The van der Waals surface area contributed by atoms with Gasteiger partial charge in [-0.15, -0.1) is 12.4 Å². The van der Waals surface area contributed by atoms with E-state index >= 15 is 0 Å². The summed E-state index contributed by atoms with van der Waals surface area (Å²) >= 11 is 0. The maximum absolute atomic E-state index is 11.5. The van der Waals surface area contributed by atoms with Crippen molar-refractivity contribution >= 4 is 18.3 Å². The van der Waals surface area contributed by atoms with Gasteiger partial charge in [-0.1, -0.05) is 24.6 Å². The molecule has 0 fully saturated rings. The Morgan fingerprint density at radius 2 is 1.89 bits per heavy atom. The fourth-order valence-electron chi connectivity index (χ4n) is 1.42. The van der Waals surface area contributed by atoms with Gasteiger partial charge in [0, 0.05) is 12.5 Å². The standard InChI is InChI=1S/C14H22N2O2.ClH/c1-10-4-6-13(7-5-10)18-12(3)9-16-14(17)11(2)8-15;/h4-7,11-12H,8-9,15H2,1-3H3,(H,16,17);1H. The van der Waals surface area contributed by atoms with Crippen LogP contribution in [0.1, 0.15) is 19.4 Å². The van der Waals surface area contributed by atoms with Gasteiger partial charge in [-0.25, -0.2) is 0 Å². The normalized spacial score (nSPS) is 13.1. The molecule has 3 N–H and O–H groups in total. The van der Waals surface area contributed by atoms with E-state index in [0.717, 1.165) is 5.75 Å². The molecule has 4 nitrogen and oxygen atoms in total. The zero-order valence-corrected chi connectivity index (χ0v) is 12.5. The third-order valence-corrected chi connectivity index (χ3v) is 2.72. The highest BCUT2D eigenvalue weighted by atomic mass is 35.5. The number of aryl methyl sites for hydroxylation is 1. The average Bonchev–Trinajstić information content (AvgIpc) is 2.37. The molecule has 19 heavy (non-hydrogen) atoms. The van der Waals surface area contributed by atoms with Gasteiger partial charge in [0.15, 0.2) is 0 Å². The molecule has 2 unspecified atom stereocenters. The predicted molar refractivity (Wildman–Crippen MR) is 79.7 cm³/mol. The smallest absolute Gasteiger partial charge is 0.224 e. The van der Waals surface area contributed by atoms with E-state index < -0.39 is 0 Å². The first-order valence-electron chi connectivity index (χ1n) is 6.24. The molecule has 0 saturated heterocycles. The third-order valence-electron chi connectivity index (χ3n) is 2.72. The highest BCUT2D eigenvalue weighted by molar-refractivity contribution is 5.85. The van der Waals surface area contributed by atoms with Crippen LogP contribution >= 0.6 is 12.4 Å². The van der Waals surface area contributed by atoms with Gasteiger partial charge >= 0.3 is 0 Å². The molecule has 0 radical (unpaired) electrons. The quantitative estimate of drug-likeness (QED) is 0.839. The van der Waals surface area contributed by atoms with Crippen LogP contribution in [0.2, 0.25) is 0 Å². The van der Waals surface area contributed by atoms with Crippen molar-refractivity contribution in [1.82, 2.24) is 5.32 Å². The first-order chi connectivity index (χ1) is 8.52. The Labute approximate surface area is 121 Å². The monoisotopic (exact) mass is 286 g/mol. The Balaban J connectivity index is 0.00000324. The summed E-state index contributed by atoms with van der Waals surface area (Å²) in [5.41, 5.74) is 6.62. The molecule has 0 heterocycles. The second-order valence-electron chi connectivity index (χ2n) is 4.62. The van der Waals surface area contributed by atoms with E-state index in [1.807, 2.05) is 38.1 Å². The van der Waals surface area contributed by atoms with Crippen molar-refractivity contribution in [3.63, 3.8) is 0 Å². The summed E-state index contributed by atoms with van der Waals surface area (Å²) in [6.45, 7) is 6.60. The zero-order chi connectivity index (χ0) is 13.5. The van der Waals surface area contributed by atoms with Crippen LogP contribution in [0.25, 0.3) is 0 Å². The number of halogens is 1. The molecule has 108 valence electrons. The molecule has 0 bridgehead atoms. The van der Waals surface area contributed by atoms with E-state index in [1.54, 1.807) is 6.92 Å². The second kappa shape index (κ2) is 8.77. The minimum atomic E-state index is -0.156. The summed E-state index contributed by atoms with van der Waals surface area (Å²) in [5.74, 6) is 0.627. The summed E-state index contributed by atoms with van der Waals surface area (Å²) < 4.78 is 5.69. The lowest BCUT2D eigenvalue weighted by atomic mass is 10.1. The Morgan fingerprint density at radius 3 is 2.42 bits per heavy atom. The van der Waals surface area contributed by atoms with E-state index in [4.69, 9.17) is 10.5 Å². The number of benzene rings is 1. The van der Waals surface area contributed by atoms with E-state index in [-0.39, 0.29) is 30.3 Å². The topological polar surface area (TPSA) is 64.3 Å². The van der Waals surface area contributed by atoms with Crippen LogP contribution in [0.15, 0.2) is 24.3 Å². The van der Waals surface area contributed by atoms with Crippen molar-refractivity contribution in [2.75, 3.05) is 13.1 Å². The van der Waals surface area contributed by atoms with Gasteiger partial charge in [-0.2, -0.15) is 0 Å². The summed E-state index contributed by atoms with van der Waals surface area (Å²) in [6, 6.07) is 7.85. The molecule has 0 aliphatic heterocycles. The number of carbonyl (C=O) groups excluding carboxylic acids is 1. The first-order valence-corrected chi connectivity index (χ1v) is 6.24. The number of ether oxygens (including phenoxy) is 1. The number of hydrogen-bond donors (Lipinski definition) is 2. The van der Waals surface area contributed by atoms with Crippen LogP contribution in [0, 0.1) is 12.8 Å². The van der Waals surface area contributed by atoms with Gasteiger partial charge < -0.3 is 15.8 Å². The summed E-state index contributed by atoms with van der Waals surface area (Å²) in [7, 11) is 0. The van der Waals surface area contributed by atoms with Gasteiger partial charge in [0.1, 0.15) is 11.9 Å². The molecule has 2 atom stereocenters. The summed E-state index contributed by atoms with van der Waals surface area (Å²) in [4.78, 5) is 11.5. The van der Waals surface area contributed by atoms with Crippen LogP contribution in [0.5, 0.6) is 5.75 Å². The van der Waals surface area contributed by atoms with Crippen LogP contribution in [-0.4, -0.2) is 25.1 Å². The predicted octanol–water partition coefficient (Wildman–Crippen LogP) is 1.90. The Bertz CT molecular complexity index is 382. The molecular weight excluding hydrogens is 264 g/mol. The molecule has 0 aromatic heterocycles. The summed E-state index contributed by atoms with van der Waals surface area (Å²) in [5, 5.41) is 2.82. The number of nitrogens with two attached hydrogens (primary N) is 1. The van der Waals surface area contributed by atoms with Crippen molar-refractivity contribution in [3.8, 4) is 5.75 Å². The molecule has 0 aliphatic rings. The number of carbonyl (C=O) groups is 1. The molecule has 0 aliphatic carbocycles. The fraction of sp³-hybridized carbons (Fsp3) is 0.500. The second-order valence-corrected chi connectivity index (χ2v) is 4.62. The highest BCUT2D eigenvalue weighted by Crippen LogP contribution is 2.12. The molecular formula is C14H23ClN2O2. The lowest BCUT2D eigenvalue weighted by Gasteiger charge is -2.17. The number of rotatable bonds is 6. The minimum absolute atomic E-state index is 0. The van der Waals surface area contributed by atoms with Gasteiger partial charge in [-0.3, -0.25) is 4.79 Å². The molecule has 1 aromatic carbocycles. The minimum Gasteiger partial charge on any atom is -0.489 e. The van der Waals surface area contributed by atoms with Gasteiger partial charge in [0.25, 0.3) is 0 Å². The van der Waals surface area contributed by atoms with Crippen LogP contribution in [0.4, 0.5) is 0 Å². The highest BCUT2D eigenvalue weighted by Gasteiger charge is 2.12. The van der Waals surface area contributed by atoms with Gasteiger partial charge in [-0.05, 0) is 26.0 Å². The van der Waals surface area contributed by atoms with Gasteiger partial charge in [0.2, 0.25) is 5.91 Å².